The SMILES string of the molecule is CN=C(NCC1(N(C)C)CCOCC1)N1CCN(c2ccc(OC)cc2)CC1. The Balaban J connectivity index is 1.54. The Morgan fingerprint density at radius 1 is 1.14 bits per heavy atom. The molecule has 1 aromatic rings. The van der Waals surface area contributed by atoms with Crippen LogP contribution in [0.4, 0.5) is 5.69 Å². The van der Waals surface area contributed by atoms with E-state index in [1.165, 1.54) is 5.69 Å². The Morgan fingerprint density at radius 2 is 1.79 bits per heavy atom. The minimum Gasteiger partial charge on any atom is -0.497 e. The van der Waals surface area contributed by atoms with E-state index in [1.54, 1.807) is 7.11 Å². The molecule has 1 aromatic carbocycles. The molecule has 7 heteroatoms. The number of rotatable bonds is 5. The van der Waals surface area contributed by atoms with E-state index in [4.69, 9.17) is 9.47 Å². The summed E-state index contributed by atoms with van der Waals surface area (Å²) in [5.41, 5.74) is 1.39. The predicted molar refractivity (Wildman–Crippen MR) is 115 cm³/mol. The van der Waals surface area contributed by atoms with E-state index in [1.807, 2.05) is 19.2 Å². The molecule has 2 heterocycles. The van der Waals surface area contributed by atoms with Crippen LogP contribution in [0.15, 0.2) is 29.3 Å². The summed E-state index contributed by atoms with van der Waals surface area (Å²) >= 11 is 0. The van der Waals surface area contributed by atoms with Gasteiger partial charge >= 0.3 is 0 Å². The maximum atomic E-state index is 5.58. The van der Waals surface area contributed by atoms with Crippen molar-refractivity contribution in [3.8, 4) is 5.75 Å². The van der Waals surface area contributed by atoms with Crippen LogP contribution in [0.2, 0.25) is 0 Å². The quantitative estimate of drug-likeness (QED) is 0.609. The molecule has 0 bridgehead atoms. The van der Waals surface area contributed by atoms with Crippen LogP contribution in [0.1, 0.15) is 12.8 Å². The number of piperazine rings is 1. The van der Waals surface area contributed by atoms with Crippen molar-refractivity contribution in [3.05, 3.63) is 24.3 Å². The van der Waals surface area contributed by atoms with E-state index < -0.39 is 0 Å². The van der Waals surface area contributed by atoms with E-state index in [9.17, 15) is 0 Å². The first kappa shape index (κ1) is 20.7. The van der Waals surface area contributed by atoms with Crippen molar-refractivity contribution in [1.82, 2.24) is 15.1 Å². The van der Waals surface area contributed by atoms with Crippen LogP contribution in [0.3, 0.4) is 0 Å². The zero-order valence-electron chi connectivity index (χ0n) is 17.8. The monoisotopic (exact) mass is 389 g/mol. The molecule has 1 N–H and O–H groups in total. The van der Waals surface area contributed by atoms with Gasteiger partial charge in [0.25, 0.3) is 0 Å². The van der Waals surface area contributed by atoms with Crippen LogP contribution in [-0.2, 0) is 4.74 Å². The van der Waals surface area contributed by atoms with Crippen molar-refractivity contribution in [3.63, 3.8) is 0 Å². The van der Waals surface area contributed by atoms with Gasteiger partial charge in [-0.3, -0.25) is 4.99 Å². The van der Waals surface area contributed by atoms with Crippen LogP contribution >= 0.6 is 0 Å². The lowest BCUT2D eigenvalue weighted by molar-refractivity contribution is -0.00526. The lowest BCUT2D eigenvalue weighted by atomic mass is 9.88. The van der Waals surface area contributed by atoms with Gasteiger partial charge < -0.3 is 29.5 Å². The molecule has 2 fully saturated rings. The third-order valence-electron chi connectivity index (χ3n) is 6.18. The largest absolute Gasteiger partial charge is 0.497 e. The molecule has 2 aliphatic heterocycles. The van der Waals surface area contributed by atoms with Crippen molar-refractivity contribution < 1.29 is 9.47 Å². The third-order valence-corrected chi connectivity index (χ3v) is 6.18. The number of aliphatic imine (C=N–C) groups is 1. The first-order valence-corrected chi connectivity index (χ1v) is 10.2. The van der Waals surface area contributed by atoms with Crippen molar-refractivity contribution in [2.24, 2.45) is 4.99 Å². The van der Waals surface area contributed by atoms with E-state index in [-0.39, 0.29) is 5.54 Å². The minimum atomic E-state index is 0.138. The first-order valence-electron chi connectivity index (χ1n) is 10.2. The molecule has 0 saturated carbocycles. The van der Waals surface area contributed by atoms with Crippen LogP contribution in [0, 0.1) is 0 Å². The summed E-state index contributed by atoms with van der Waals surface area (Å²) in [7, 11) is 7.92. The summed E-state index contributed by atoms with van der Waals surface area (Å²) in [6.07, 6.45) is 2.10. The van der Waals surface area contributed by atoms with Gasteiger partial charge in [0, 0.05) is 64.2 Å². The Labute approximate surface area is 169 Å². The van der Waals surface area contributed by atoms with Crippen LogP contribution in [0.5, 0.6) is 5.75 Å². The smallest absolute Gasteiger partial charge is 0.193 e. The highest BCUT2D eigenvalue weighted by molar-refractivity contribution is 5.80. The highest BCUT2D eigenvalue weighted by Gasteiger charge is 2.35. The molecule has 3 rings (SSSR count). The van der Waals surface area contributed by atoms with Crippen molar-refractivity contribution in [1.29, 1.82) is 0 Å². The zero-order valence-corrected chi connectivity index (χ0v) is 17.8. The third kappa shape index (κ3) is 4.70. The summed E-state index contributed by atoms with van der Waals surface area (Å²) in [5, 5.41) is 3.64. The molecule has 156 valence electrons. The van der Waals surface area contributed by atoms with Crippen LogP contribution in [-0.4, -0.2) is 95.5 Å². The standard InChI is InChI=1S/C21H35N5O2/c1-22-20(23-17-21(24(2)3)9-15-28-16-10-21)26-13-11-25(12-14-26)18-5-7-19(27-4)8-6-18/h5-8H,9-17H2,1-4H3,(H,22,23). The number of methoxy groups -OCH3 is 1. The summed E-state index contributed by atoms with van der Waals surface area (Å²) in [5.74, 6) is 1.90. The van der Waals surface area contributed by atoms with Crippen LogP contribution < -0.4 is 15.0 Å². The normalized spacial score (nSPS) is 20.4. The number of hydrogen-bond donors (Lipinski definition) is 1. The van der Waals surface area contributed by atoms with Gasteiger partial charge in [0.15, 0.2) is 5.96 Å². The van der Waals surface area contributed by atoms with Gasteiger partial charge in [0.1, 0.15) is 5.75 Å². The first-order chi connectivity index (χ1) is 13.6. The van der Waals surface area contributed by atoms with Crippen molar-refractivity contribution in [2.75, 3.05) is 79.1 Å². The molecule has 0 amide bonds. The molecule has 0 aliphatic carbocycles. The number of likely N-dealkylation sites (N-methyl/N-ethyl adjacent to an activating group) is 1. The number of guanidine groups is 1. The maximum absolute atomic E-state index is 5.58. The lowest BCUT2D eigenvalue weighted by Gasteiger charge is -2.44. The molecule has 2 aliphatic rings. The topological polar surface area (TPSA) is 52.6 Å². The van der Waals surface area contributed by atoms with Crippen molar-refractivity contribution >= 4 is 11.6 Å². The number of anilines is 1. The Morgan fingerprint density at radius 3 is 2.32 bits per heavy atom. The number of ether oxygens (including phenoxy) is 2. The van der Waals surface area contributed by atoms with Crippen LogP contribution in [0.25, 0.3) is 0 Å². The van der Waals surface area contributed by atoms with Gasteiger partial charge in [0.2, 0.25) is 0 Å². The van der Waals surface area contributed by atoms with Gasteiger partial charge in [-0.15, -0.1) is 0 Å². The lowest BCUT2D eigenvalue weighted by Crippen LogP contribution is -2.59. The van der Waals surface area contributed by atoms with E-state index in [0.717, 1.165) is 70.5 Å². The number of benzene rings is 1. The molecular weight excluding hydrogens is 354 g/mol. The van der Waals surface area contributed by atoms with E-state index >= 15 is 0 Å². The Hall–Kier alpha value is -1.99. The molecule has 0 atom stereocenters. The van der Waals surface area contributed by atoms with E-state index in [2.05, 4.69) is 51.2 Å². The second-order valence-electron chi connectivity index (χ2n) is 7.80. The molecule has 0 spiro atoms. The van der Waals surface area contributed by atoms with Gasteiger partial charge in [-0.05, 0) is 51.2 Å². The average Bonchev–Trinajstić information content (AvgIpc) is 2.75. The summed E-state index contributed by atoms with van der Waals surface area (Å²) < 4.78 is 10.8. The highest BCUT2D eigenvalue weighted by atomic mass is 16.5. The van der Waals surface area contributed by atoms with Gasteiger partial charge in [0.05, 0.1) is 7.11 Å². The second-order valence-corrected chi connectivity index (χ2v) is 7.80. The second kappa shape index (κ2) is 9.47. The summed E-state index contributed by atoms with van der Waals surface area (Å²) in [6.45, 7) is 6.46. The minimum absolute atomic E-state index is 0.138. The van der Waals surface area contributed by atoms with Gasteiger partial charge in [-0.1, -0.05) is 0 Å². The number of nitrogens with one attached hydrogen (secondary N) is 1. The molecule has 2 saturated heterocycles. The number of nitrogens with zero attached hydrogens (tertiary/aromatic N) is 4. The molecule has 0 aromatic heterocycles. The predicted octanol–water partition coefficient (Wildman–Crippen LogP) is 1.50. The Kier molecular flexibility index (Phi) is 7.02. The molecule has 0 radical (unpaired) electrons. The zero-order chi connectivity index (χ0) is 20.0. The van der Waals surface area contributed by atoms with Crippen molar-refractivity contribution in [2.45, 2.75) is 18.4 Å². The number of hydrogen-bond acceptors (Lipinski definition) is 5. The molecular formula is C21H35N5O2. The average molecular weight is 390 g/mol. The fourth-order valence-electron chi connectivity index (χ4n) is 4.08. The fourth-order valence-corrected chi connectivity index (χ4v) is 4.08. The maximum Gasteiger partial charge on any atom is 0.193 e. The molecule has 28 heavy (non-hydrogen) atoms. The highest BCUT2D eigenvalue weighted by Crippen LogP contribution is 2.25. The fraction of sp³-hybridized carbons (Fsp3) is 0.667. The van der Waals surface area contributed by atoms with E-state index in [0.29, 0.717) is 0 Å². The summed E-state index contributed by atoms with van der Waals surface area (Å²) in [6, 6.07) is 8.31. The molecule has 0 unspecified atom stereocenters. The summed E-state index contributed by atoms with van der Waals surface area (Å²) in [4.78, 5) is 11.7. The van der Waals surface area contributed by atoms with Gasteiger partial charge in [-0.25, -0.2) is 0 Å². The molecule has 7 nitrogen and oxygen atoms in total. The van der Waals surface area contributed by atoms with Gasteiger partial charge in [-0.2, -0.15) is 0 Å². The Bertz CT molecular complexity index is 633.